The minimum Gasteiger partial charge on any atom is -0.395 e. The zero-order valence-corrected chi connectivity index (χ0v) is 37.5. The van der Waals surface area contributed by atoms with Gasteiger partial charge in [-0.1, -0.05) is 12.1 Å². The molecule has 0 bridgehead atoms. The Morgan fingerprint density at radius 1 is 0.892 bits per heavy atom. The van der Waals surface area contributed by atoms with Crippen LogP contribution in [-0.4, -0.2) is 130 Å². The average Bonchev–Trinajstić information content (AvgIpc) is 3.68. The fourth-order valence-corrected chi connectivity index (χ4v) is 10.4. The van der Waals surface area contributed by atoms with Crippen molar-refractivity contribution in [2.75, 3.05) is 87.6 Å². The second kappa shape index (κ2) is 19.7. The van der Waals surface area contributed by atoms with Gasteiger partial charge in [0.15, 0.2) is 0 Å². The number of carbonyl (C=O) groups excluding carboxylic acids is 3. The number of hydrogen-bond acceptors (Lipinski definition) is 11. The Morgan fingerprint density at radius 3 is 2.35 bits per heavy atom. The molecule has 0 aliphatic carbocycles. The summed E-state index contributed by atoms with van der Waals surface area (Å²) in [5.74, 6) is 0.848. The molecule has 4 aliphatic heterocycles. The van der Waals surface area contributed by atoms with Crippen molar-refractivity contribution in [1.82, 2.24) is 34.6 Å². The Kier molecular flexibility index (Phi) is 13.4. The maximum absolute atomic E-state index is 15.2. The highest BCUT2D eigenvalue weighted by atomic mass is 19.1. The van der Waals surface area contributed by atoms with Gasteiger partial charge in [0.1, 0.15) is 23.3 Å². The highest BCUT2D eigenvalue weighted by Gasteiger charge is 2.30. The number of pyridine rings is 2. The third kappa shape index (κ3) is 9.87. The molecule has 65 heavy (non-hydrogen) atoms. The van der Waals surface area contributed by atoms with Crippen molar-refractivity contribution < 1.29 is 23.9 Å². The van der Waals surface area contributed by atoms with E-state index in [1.807, 2.05) is 35.5 Å². The van der Waals surface area contributed by atoms with Gasteiger partial charge in [0.25, 0.3) is 5.91 Å². The molecule has 0 saturated carbocycles. The zero-order valence-electron chi connectivity index (χ0n) is 37.5. The molecule has 5 aromatic rings. The molecule has 7 heterocycles. The normalized spacial score (nSPS) is 20.0. The van der Waals surface area contributed by atoms with E-state index in [9.17, 15) is 14.4 Å². The first-order valence-corrected chi connectivity index (χ1v) is 23.4. The summed E-state index contributed by atoms with van der Waals surface area (Å²) in [4.78, 5) is 55.7. The Morgan fingerprint density at radius 2 is 1.66 bits per heavy atom. The van der Waals surface area contributed by atoms with Crippen LogP contribution in [0.4, 0.5) is 21.6 Å². The number of aliphatic hydroxyl groups excluding tert-OH is 1. The van der Waals surface area contributed by atoms with Crippen molar-refractivity contribution in [1.29, 1.82) is 0 Å². The van der Waals surface area contributed by atoms with Crippen molar-refractivity contribution in [2.45, 2.75) is 63.5 Å². The number of carbonyl (C=O) groups is 3. The monoisotopic (exact) mass is 884 g/mol. The molecule has 3 aromatic heterocycles. The largest absolute Gasteiger partial charge is 0.395 e. The summed E-state index contributed by atoms with van der Waals surface area (Å²) in [6, 6.07) is 21.4. The van der Waals surface area contributed by atoms with Crippen LogP contribution in [0.3, 0.4) is 0 Å². The molecule has 4 aliphatic rings. The number of anilines is 3. The van der Waals surface area contributed by atoms with Gasteiger partial charge >= 0.3 is 0 Å². The lowest BCUT2D eigenvalue weighted by Gasteiger charge is -2.39. The fourth-order valence-electron chi connectivity index (χ4n) is 10.4. The molecule has 4 saturated heterocycles. The number of nitrogens with zero attached hydrogens (tertiary/aromatic N) is 7. The van der Waals surface area contributed by atoms with E-state index < -0.39 is 6.04 Å². The van der Waals surface area contributed by atoms with Gasteiger partial charge < -0.3 is 30.1 Å². The van der Waals surface area contributed by atoms with Gasteiger partial charge in [0.05, 0.1) is 12.3 Å². The van der Waals surface area contributed by atoms with Crippen LogP contribution in [0.25, 0.3) is 22.2 Å². The van der Waals surface area contributed by atoms with E-state index in [0.29, 0.717) is 36.2 Å². The van der Waals surface area contributed by atoms with Crippen LogP contribution in [-0.2, 0) is 16.6 Å². The van der Waals surface area contributed by atoms with Gasteiger partial charge in [0.2, 0.25) is 11.8 Å². The molecule has 14 nitrogen and oxygen atoms in total. The minimum absolute atomic E-state index is 0.0570. The van der Waals surface area contributed by atoms with Gasteiger partial charge in [0, 0.05) is 112 Å². The lowest BCUT2D eigenvalue weighted by molar-refractivity contribution is -0.133. The van der Waals surface area contributed by atoms with E-state index in [4.69, 9.17) is 10.1 Å². The lowest BCUT2D eigenvalue weighted by atomic mass is 9.88. The van der Waals surface area contributed by atoms with Crippen LogP contribution in [0.1, 0.15) is 79.0 Å². The van der Waals surface area contributed by atoms with E-state index in [2.05, 4.69) is 84.5 Å². The molecule has 0 radical (unpaired) electrons. The number of imide groups is 1. The molecule has 342 valence electrons. The van der Waals surface area contributed by atoms with Crippen LogP contribution in [0.2, 0.25) is 0 Å². The molecule has 2 aromatic carbocycles. The summed E-state index contributed by atoms with van der Waals surface area (Å²) >= 11 is 0. The minimum atomic E-state index is -0.552. The standard InChI is InChI=1S/C50H61FN10O4/c1-33(45-30-41-40(13-18-53-48(41)57(45)2)38-7-11-46(54-31-38)52-19-28-62)59-22-16-36(17-23-59)35-3-5-37(6-4-35)50(65)61-20-14-34(15-21-61)32-58-24-26-60(27-25-58)44-10-8-39(29-42(44)51)55-43-9-12-47(63)56-49(43)64/h3-8,10-11,13,18,29-31,33-34,36,43,55,62H,9,12,14-17,19-28,32H2,1-2H3,(H,52,54)(H,56,63,64)/t33-,43?/m0/s1. The fraction of sp³-hybridized carbons (Fsp3) is 0.460. The number of halogens is 1. The summed E-state index contributed by atoms with van der Waals surface area (Å²) < 4.78 is 17.5. The third-order valence-electron chi connectivity index (χ3n) is 14.3. The smallest absolute Gasteiger partial charge is 0.253 e. The summed E-state index contributed by atoms with van der Waals surface area (Å²) in [5.41, 5.74) is 7.47. The maximum atomic E-state index is 15.2. The Bertz CT molecular complexity index is 2470. The summed E-state index contributed by atoms with van der Waals surface area (Å²) in [6.45, 7) is 10.5. The van der Waals surface area contributed by atoms with Crippen LogP contribution in [0, 0.1) is 11.7 Å². The number of likely N-dealkylation sites (tertiary alicyclic amines) is 2. The van der Waals surface area contributed by atoms with Gasteiger partial charge in [-0.15, -0.1) is 0 Å². The number of nitrogens with one attached hydrogen (secondary N) is 3. The molecule has 2 atom stereocenters. The number of aromatic nitrogens is 3. The molecule has 0 spiro atoms. The third-order valence-corrected chi connectivity index (χ3v) is 14.3. The molecule has 9 rings (SSSR count). The molecular weight excluding hydrogens is 824 g/mol. The van der Waals surface area contributed by atoms with Crippen molar-refractivity contribution in [3.63, 3.8) is 0 Å². The van der Waals surface area contributed by atoms with Crippen LogP contribution in [0.5, 0.6) is 0 Å². The highest BCUT2D eigenvalue weighted by Crippen LogP contribution is 2.36. The Balaban J connectivity index is 0.715. The topological polar surface area (TPSA) is 151 Å². The Hall–Kier alpha value is -5.90. The molecule has 1 unspecified atom stereocenters. The SMILES string of the molecule is C[C@@H](c1cc2c(-c3ccc(NCCO)nc3)ccnc2n1C)N1CCC(c2ccc(C(=O)N3CCC(CN4CCN(c5ccc(NC6CCC(=O)NC6=O)cc5F)CC4)CC3)cc2)CC1. The van der Waals surface area contributed by atoms with Crippen molar-refractivity contribution in [2.24, 2.45) is 13.0 Å². The molecular formula is C50H61FN10O4. The maximum Gasteiger partial charge on any atom is 0.253 e. The number of amides is 3. The van der Waals surface area contributed by atoms with E-state index in [1.165, 1.54) is 17.3 Å². The summed E-state index contributed by atoms with van der Waals surface area (Å²) in [7, 11) is 2.11. The molecule has 3 amide bonds. The van der Waals surface area contributed by atoms with Gasteiger partial charge in [-0.2, -0.15) is 0 Å². The van der Waals surface area contributed by atoms with Crippen LogP contribution >= 0.6 is 0 Å². The second-order valence-corrected chi connectivity index (χ2v) is 18.3. The first kappa shape index (κ1) is 44.3. The van der Waals surface area contributed by atoms with Gasteiger partial charge in [-0.05, 0) is 130 Å². The van der Waals surface area contributed by atoms with Crippen molar-refractivity contribution in [3.8, 4) is 11.1 Å². The van der Waals surface area contributed by atoms with Crippen LogP contribution < -0.4 is 20.9 Å². The summed E-state index contributed by atoms with van der Waals surface area (Å²) in [6.07, 6.45) is 8.47. The molecule has 4 N–H and O–H groups in total. The first-order valence-electron chi connectivity index (χ1n) is 23.4. The van der Waals surface area contributed by atoms with Crippen LogP contribution in [0.15, 0.2) is 79.1 Å². The second-order valence-electron chi connectivity index (χ2n) is 18.3. The Labute approximate surface area is 380 Å². The number of piperazine rings is 1. The quantitative estimate of drug-likeness (QED) is 0.103. The number of rotatable bonds is 13. The number of fused-ring (bicyclic) bond motifs is 1. The van der Waals surface area contributed by atoms with E-state index in [-0.39, 0.29) is 42.6 Å². The molecule has 15 heteroatoms. The number of aliphatic hydroxyl groups is 1. The molecule has 4 fully saturated rings. The van der Waals surface area contributed by atoms with Gasteiger partial charge in [-0.25, -0.2) is 14.4 Å². The van der Waals surface area contributed by atoms with Gasteiger partial charge in [-0.3, -0.25) is 29.5 Å². The van der Waals surface area contributed by atoms with E-state index in [1.54, 1.807) is 12.1 Å². The number of piperidine rings is 3. The number of benzene rings is 2. The van der Waals surface area contributed by atoms with E-state index >= 15 is 4.39 Å². The number of hydrogen-bond donors (Lipinski definition) is 4. The zero-order chi connectivity index (χ0) is 45.0. The number of aryl methyl sites for hydroxylation is 1. The average molecular weight is 885 g/mol. The van der Waals surface area contributed by atoms with Crippen molar-refractivity contribution in [3.05, 3.63) is 102 Å². The predicted octanol–water partition coefficient (Wildman–Crippen LogP) is 6.01. The van der Waals surface area contributed by atoms with Crippen molar-refractivity contribution >= 4 is 45.9 Å². The summed E-state index contributed by atoms with van der Waals surface area (Å²) in [5, 5.41) is 18.8. The predicted molar refractivity (Wildman–Crippen MR) is 251 cm³/mol. The van der Waals surface area contributed by atoms with E-state index in [0.717, 1.165) is 118 Å². The first-order chi connectivity index (χ1) is 31.6. The highest BCUT2D eigenvalue weighted by molar-refractivity contribution is 6.01. The lowest BCUT2D eigenvalue weighted by Crippen LogP contribution is -2.49.